The summed E-state index contributed by atoms with van der Waals surface area (Å²) in [6, 6.07) is 7.86. The molecule has 0 atom stereocenters. The first kappa shape index (κ1) is 6.71. The first-order chi connectivity index (χ1) is 6.38. The average molecular weight is 169 g/mol. The number of fused-ring (bicyclic) bond motifs is 1. The molecule has 2 aliphatic heterocycles. The van der Waals surface area contributed by atoms with Crippen molar-refractivity contribution < 1.29 is 0 Å². The first-order valence-electron chi connectivity index (χ1n) is 4.15. The van der Waals surface area contributed by atoms with E-state index in [0.717, 1.165) is 10.7 Å². The second kappa shape index (κ2) is 2.13. The van der Waals surface area contributed by atoms with Crippen molar-refractivity contribution >= 4 is 6.21 Å². The lowest BCUT2D eigenvalue weighted by atomic mass is 10.2. The highest BCUT2D eigenvalue weighted by molar-refractivity contribution is 5.77. The molecule has 3 rings (SSSR count). The minimum absolute atomic E-state index is 0.524. The van der Waals surface area contributed by atoms with Gasteiger partial charge in [0.2, 0.25) is 5.66 Å². The van der Waals surface area contributed by atoms with Gasteiger partial charge in [-0.25, -0.2) is 9.98 Å². The Balaban J connectivity index is 2.35. The Labute approximate surface area is 74.9 Å². The van der Waals surface area contributed by atoms with Crippen LogP contribution < -0.4 is 10.7 Å². The molecule has 1 aromatic rings. The summed E-state index contributed by atoms with van der Waals surface area (Å²) in [6.07, 6.45) is 5.39. The van der Waals surface area contributed by atoms with E-state index in [1.165, 1.54) is 0 Å². The zero-order valence-corrected chi connectivity index (χ0v) is 6.88. The number of para-hydroxylation sites is 2. The van der Waals surface area contributed by atoms with Gasteiger partial charge in [-0.05, 0) is 18.2 Å². The predicted octanol–water partition coefficient (Wildman–Crippen LogP) is 0.234. The Morgan fingerprint density at radius 2 is 1.69 bits per heavy atom. The third-order valence-corrected chi connectivity index (χ3v) is 2.15. The Hall–Kier alpha value is -1.77. The fourth-order valence-corrected chi connectivity index (χ4v) is 1.54. The van der Waals surface area contributed by atoms with Crippen LogP contribution in [0.2, 0.25) is 0 Å². The van der Waals surface area contributed by atoms with Crippen LogP contribution in [0.25, 0.3) is 0 Å². The maximum Gasteiger partial charge on any atom is 0.207 e. The molecule has 0 saturated carbocycles. The highest BCUT2D eigenvalue weighted by atomic mass is 15.1. The van der Waals surface area contributed by atoms with E-state index in [9.17, 15) is 0 Å². The van der Waals surface area contributed by atoms with Gasteiger partial charge in [-0.2, -0.15) is 0 Å². The van der Waals surface area contributed by atoms with E-state index in [1.54, 1.807) is 12.4 Å². The number of aliphatic imine (C=N–C) groups is 1. The fourth-order valence-electron chi connectivity index (χ4n) is 1.54. The van der Waals surface area contributed by atoms with E-state index in [4.69, 9.17) is 0 Å². The van der Waals surface area contributed by atoms with Crippen LogP contribution in [0.3, 0.4) is 0 Å². The van der Waals surface area contributed by atoms with Crippen molar-refractivity contribution in [2.24, 2.45) is 15.0 Å². The van der Waals surface area contributed by atoms with Crippen LogP contribution in [-0.4, -0.2) is 11.9 Å². The Kier molecular flexibility index (Phi) is 1.10. The second-order valence-electron chi connectivity index (χ2n) is 3.09. The average Bonchev–Trinajstić information content (AvgIpc) is 2.72. The lowest BCUT2D eigenvalue weighted by Crippen LogP contribution is -2.19. The smallest absolute Gasteiger partial charge is 0.207 e. The molecule has 13 heavy (non-hydrogen) atoms. The van der Waals surface area contributed by atoms with Gasteiger partial charge in [0.15, 0.2) is 0 Å². The standard InChI is InChI=1S/C10H7N3/c1-2-4-9-8(3-1)12-10(13-9)5-6-11-7-10/h1-7H. The normalized spacial score (nSPS) is 20.0. The highest BCUT2D eigenvalue weighted by Crippen LogP contribution is 2.17. The molecule has 0 bridgehead atoms. The molecule has 0 saturated heterocycles. The molecule has 0 fully saturated rings. The van der Waals surface area contributed by atoms with Gasteiger partial charge < -0.3 is 0 Å². The predicted molar refractivity (Wildman–Crippen MR) is 49.1 cm³/mol. The molecule has 62 valence electrons. The summed E-state index contributed by atoms with van der Waals surface area (Å²) in [6.45, 7) is 0. The number of hydrogen-bond acceptors (Lipinski definition) is 3. The third kappa shape index (κ3) is 0.869. The van der Waals surface area contributed by atoms with E-state index < -0.39 is 5.66 Å². The largest absolute Gasteiger partial charge is 0.264 e. The molecular weight excluding hydrogens is 162 g/mol. The molecule has 3 nitrogen and oxygen atoms in total. The van der Waals surface area contributed by atoms with Gasteiger partial charge in [0, 0.05) is 6.20 Å². The van der Waals surface area contributed by atoms with E-state index >= 15 is 0 Å². The zero-order valence-electron chi connectivity index (χ0n) is 6.88. The summed E-state index contributed by atoms with van der Waals surface area (Å²) < 4.78 is 0. The first-order valence-corrected chi connectivity index (χ1v) is 4.15. The van der Waals surface area contributed by atoms with Gasteiger partial charge in [0.25, 0.3) is 0 Å². The van der Waals surface area contributed by atoms with Gasteiger partial charge in [-0.3, -0.25) is 4.99 Å². The zero-order chi connectivity index (χ0) is 8.73. The number of nitrogens with zero attached hydrogens (tertiary/aromatic N) is 3. The lowest BCUT2D eigenvalue weighted by molar-refractivity contribution is 0.764. The number of rotatable bonds is 0. The third-order valence-electron chi connectivity index (χ3n) is 2.15. The second-order valence-corrected chi connectivity index (χ2v) is 3.09. The van der Waals surface area contributed by atoms with Crippen molar-refractivity contribution in [1.29, 1.82) is 0 Å². The maximum atomic E-state index is 4.48. The van der Waals surface area contributed by atoms with E-state index in [1.807, 2.05) is 30.3 Å². The van der Waals surface area contributed by atoms with Crippen LogP contribution in [0, 0.1) is 0 Å². The van der Waals surface area contributed by atoms with E-state index in [2.05, 4.69) is 15.0 Å². The van der Waals surface area contributed by atoms with Crippen LogP contribution in [0.5, 0.6) is 0 Å². The number of benzene rings is 1. The summed E-state index contributed by atoms with van der Waals surface area (Å²) >= 11 is 0. The van der Waals surface area contributed by atoms with Crippen LogP contribution in [0.1, 0.15) is 0 Å². The molecule has 3 heteroatoms. The van der Waals surface area contributed by atoms with Crippen molar-refractivity contribution in [2.75, 3.05) is 0 Å². The van der Waals surface area contributed by atoms with E-state index in [-0.39, 0.29) is 0 Å². The summed E-state index contributed by atoms with van der Waals surface area (Å²) in [5.41, 5.74) is -0.524. The van der Waals surface area contributed by atoms with Gasteiger partial charge in [-0.15, -0.1) is 0 Å². The SMILES string of the molecule is C1=CC2(C=N1)N=c1ccccc1=N2. The summed E-state index contributed by atoms with van der Waals surface area (Å²) in [5.74, 6) is 0. The topological polar surface area (TPSA) is 37.1 Å². The van der Waals surface area contributed by atoms with Crippen molar-refractivity contribution in [3.63, 3.8) is 0 Å². The van der Waals surface area contributed by atoms with Crippen LogP contribution in [0.15, 0.2) is 51.5 Å². The molecule has 1 aromatic carbocycles. The Morgan fingerprint density at radius 3 is 2.23 bits per heavy atom. The molecule has 0 unspecified atom stereocenters. The lowest BCUT2D eigenvalue weighted by Gasteiger charge is -2.06. The summed E-state index contributed by atoms with van der Waals surface area (Å²) in [5, 5.41) is 1.89. The van der Waals surface area contributed by atoms with Crippen LogP contribution >= 0.6 is 0 Å². The molecule has 0 radical (unpaired) electrons. The van der Waals surface area contributed by atoms with Crippen LogP contribution in [0.4, 0.5) is 0 Å². The summed E-state index contributed by atoms with van der Waals surface area (Å²) in [4.78, 5) is 13.0. The van der Waals surface area contributed by atoms with Crippen molar-refractivity contribution in [2.45, 2.75) is 5.66 Å². The van der Waals surface area contributed by atoms with Crippen molar-refractivity contribution in [3.8, 4) is 0 Å². The molecule has 0 aliphatic carbocycles. The van der Waals surface area contributed by atoms with Gasteiger partial charge >= 0.3 is 0 Å². The Morgan fingerprint density at radius 1 is 1.00 bits per heavy atom. The highest BCUT2D eigenvalue weighted by Gasteiger charge is 2.27. The summed E-state index contributed by atoms with van der Waals surface area (Å²) in [7, 11) is 0. The molecule has 2 aliphatic rings. The molecular formula is C10H7N3. The maximum absolute atomic E-state index is 4.48. The molecule has 0 aromatic heterocycles. The van der Waals surface area contributed by atoms with Crippen LogP contribution in [-0.2, 0) is 0 Å². The van der Waals surface area contributed by atoms with Crippen molar-refractivity contribution in [1.82, 2.24) is 0 Å². The quantitative estimate of drug-likeness (QED) is 0.533. The van der Waals surface area contributed by atoms with Gasteiger partial charge in [0.05, 0.1) is 16.9 Å². The van der Waals surface area contributed by atoms with Gasteiger partial charge in [0.1, 0.15) is 0 Å². The minimum atomic E-state index is -0.524. The monoisotopic (exact) mass is 169 g/mol. The Bertz CT molecular complexity index is 476. The minimum Gasteiger partial charge on any atom is -0.264 e. The number of hydrogen-bond donors (Lipinski definition) is 0. The van der Waals surface area contributed by atoms with Gasteiger partial charge in [-0.1, -0.05) is 12.1 Å². The molecule has 2 heterocycles. The molecule has 0 N–H and O–H groups in total. The molecule has 0 amide bonds. The van der Waals surface area contributed by atoms with E-state index in [0.29, 0.717) is 0 Å². The fraction of sp³-hybridized carbons (Fsp3) is 0.100. The van der Waals surface area contributed by atoms with Crippen molar-refractivity contribution in [3.05, 3.63) is 47.3 Å². The molecule has 1 spiro atoms.